The zero-order valence-electron chi connectivity index (χ0n) is 15.3. The monoisotopic (exact) mass is 382 g/mol. The molecule has 2 saturated heterocycles. The van der Waals surface area contributed by atoms with Crippen LogP contribution in [0, 0.1) is 6.92 Å². The highest BCUT2D eigenvalue weighted by molar-refractivity contribution is 7.92. The zero-order valence-corrected chi connectivity index (χ0v) is 16.1. The molecule has 0 saturated carbocycles. The maximum absolute atomic E-state index is 12.6. The number of benzene rings is 1. The summed E-state index contributed by atoms with van der Waals surface area (Å²) in [6, 6.07) is 7.29. The van der Waals surface area contributed by atoms with Gasteiger partial charge in [0.25, 0.3) is 0 Å². The van der Waals surface area contributed by atoms with E-state index in [1.54, 1.807) is 17.0 Å². The SMILES string of the molecule is Cc1ccccc1N(CCC(=O)N1CCC2(CC1)OCCO2)S(C)(=O)=O. The number of para-hydroxylation sites is 1. The summed E-state index contributed by atoms with van der Waals surface area (Å²) in [5.74, 6) is -0.559. The molecule has 144 valence electrons. The highest BCUT2D eigenvalue weighted by atomic mass is 32.2. The summed E-state index contributed by atoms with van der Waals surface area (Å²) in [5, 5.41) is 0. The molecule has 1 spiro atoms. The number of rotatable bonds is 5. The van der Waals surface area contributed by atoms with Crippen LogP contribution in [-0.2, 0) is 24.3 Å². The largest absolute Gasteiger partial charge is 0.347 e. The molecule has 1 aromatic rings. The summed E-state index contributed by atoms with van der Waals surface area (Å²) in [5.41, 5.74) is 1.48. The summed E-state index contributed by atoms with van der Waals surface area (Å²) in [6.07, 6.45) is 2.64. The third-order valence-corrected chi connectivity index (χ3v) is 6.18. The van der Waals surface area contributed by atoms with Crippen LogP contribution in [0.3, 0.4) is 0 Å². The number of aryl methyl sites for hydroxylation is 1. The molecule has 0 N–H and O–H groups in total. The number of sulfonamides is 1. The molecular formula is C18H26N2O5S. The molecule has 2 fully saturated rings. The first kappa shape index (κ1) is 19.1. The number of anilines is 1. The predicted molar refractivity (Wildman–Crippen MR) is 98.4 cm³/mol. The fourth-order valence-corrected chi connectivity index (χ4v) is 4.53. The third kappa shape index (κ3) is 4.19. The molecular weight excluding hydrogens is 356 g/mol. The van der Waals surface area contributed by atoms with Crippen molar-refractivity contribution in [1.82, 2.24) is 4.90 Å². The molecule has 0 unspecified atom stereocenters. The van der Waals surface area contributed by atoms with Crippen LogP contribution in [0.1, 0.15) is 24.8 Å². The smallest absolute Gasteiger partial charge is 0.232 e. The van der Waals surface area contributed by atoms with Gasteiger partial charge in [-0.05, 0) is 18.6 Å². The van der Waals surface area contributed by atoms with Crippen LogP contribution in [0.4, 0.5) is 5.69 Å². The standard InChI is InChI=1S/C18H26N2O5S/c1-15-5-3-4-6-16(15)20(26(2,22)23)10-7-17(21)19-11-8-18(9-12-19)24-13-14-25-18/h3-6H,7-14H2,1-2H3. The van der Waals surface area contributed by atoms with Crippen molar-refractivity contribution >= 4 is 21.6 Å². The minimum Gasteiger partial charge on any atom is -0.347 e. The maximum atomic E-state index is 12.6. The molecule has 1 amide bonds. The average Bonchev–Trinajstić information content (AvgIpc) is 3.04. The lowest BCUT2D eigenvalue weighted by Gasteiger charge is -2.37. The number of likely N-dealkylation sites (tertiary alicyclic amines) is 1. The molecule has 2 heterocycles. The van der Waals surface area contributed by atoms with Gasteiger partial charge in [-0.2, -0.15) is 0 Å². The number of hydrogen-bond donors (Lipinski definition) is 0. The van der Waals surface area contributed by atoms with E-state index in [0.717, 1.165) is 5.56 Å². The van der Waals surface area contributed by atoms with Crippen molar-refractivity contribution in [2.75, 3.05) is 43.4 Å². The second-order valence-electron chi connectivity index (χ2n) is 6.86. The Kier molecular flexibility index (Phi) is 5.55. The molecule has 8 heteroatoms. The summed E-state index contributed by atoms with van der Waals surface area (Å²) in [7, 11) is -3.46. The predicted octanol–water partition coefficient (Wildman–Crippen LogP) is 1.52. The van der Waals surface area contributed by atoms with Crippen LogP contribution in [-0.4, -0.2) is 64.1 Å². The molecule has 1 aromatic carbocycles. The number of hydrogen-bond acceptors (Lipinski definition) is 5. The van der Waals surface area contributed by atoms with Crippen LogP contribution in [0.25, 0.3) is 0 Å². The van der Waals surface area contributed by atoms with Gasteiger partial charge in [0.15, 0.2) is 5.79 Å². The summed E-state index contributed by atoms with van der Waals surface area (Å²) in [4.78, 5) is 14.3. The lowest BCUT2D eigenvalue weighted by atomic mass is 10.0. The van der Waals surface area contributed by atoms with Crippen molar-refractivity contribution in [2.45, 2.75) is 32.0 Å². The number of piperidine rings is 1. The Morgan fingerprint density at radius 1 is 1.19 bits per heavy atom. The molecule has 0 radical (unpaired) electrons. The highest BCUT2D eigenvalue weighted by Gasteiger charge is 2.40. The van der Waals surface area contributed by atoms with E-state index < -0.39 is 15.8 Å². The van der Waals surface area contributed by atoms with Gasteiger partial charge in [-0.25, -0.2) is 8.42 Å². The fraction of sp³-hybridized carbons (Fsp3) is 0.611. The Morgan fingerprint density at radius 3 is 2.38 bits per heavy atom. The summed E-state index contributed by atoms with van der Waals surface area (Å²) in [6.45, 7) is 4.35. The molecule has 0 aliphatic carbocycles. The van der Waals surface area contributed by atoms with E-state index in [-0.39, 0.29) is 18.9 Å². The van der Waals surface area contributed by atoms with Gasteiger partial charge in [0.05, 0.1) is 25.2 Å². The molecule has 3 rings (SSSR count). The molecule has 0 bridgehead atoms. The first-order valence-corrected chi connectivity index (χ1v) is 10.7. The van der Waals surface area contributed by atoms with E-state index in [1.807, 2.05) is 19.1 Å². The van der Waals surface area contributed by atoms with Crippen LogP contribution in [0.15, 0.2) is 24.3 Å². The molecule has 26 heavy (non-hydrogen) atoms. The minimum atomic E-state index is -3.46. The van der Waals surface area contributed by atoms with E-state index in [0.29, 0.717) is 44.8 Å². The van der Waals surface area contributed by atoms with Crippen LogP contribution < -0.4 is 4.31 Å². The molecule has 7 nitrogen and oxygen atoms in total. The van der Waals surface area contributed by atoms with Gasteiger partial charge in [-0.1, -0.05) is 18.2 Å². The Bertz CT molecular complexity index is 749. The van der Waals surface area contributed by atoms with E-state index >= 15 is 0 Å². The van der Waals surface area contributed by atoms with Crippen LogP contribution in [0.5, 0.6) is 0 Å². The topological polar surface area (TPSA) is 76.2 Å². The first-order chi connectivity index (χ1) is 12.3. The van der Waals surface area contributed by atoms with Gasteiger partial charge < -0.3 is 14.4 Å². The third-order valence-electron chi connectivity index (χ3n) is 5.00. The molecule has 0 atom stereocenters. The van der Waals surface area contributed by atoms with Crippen molar-refractivity contribution in [3.63, 3.8) is 0 Å². The zero-order chi connectivity index (χ0) is 18.8. The van der Waals surface area contributed by atoms with Gasteiger partial charge in [0.2, 0.25) is 15.9 Å². The average molecular weight is 382 g/mol. The Hall–Kier alpha value is -1.64. The fourth-order valence-electron chi connectivity index (χ4n) is 3.55. The van der Waals surface area contributed by atoms with Crippen LogP contribution in [0.2, 0.25) is 0 Å². The normalized spacial score (nSPS) is 19.7. The number of nitrogens with zero attached hydrogens (tertiary/aromatic N) is 2. The Labute approximate surface area is 154 Å². The molecule has 2 aliphatic rings. The van der Waals surface area contributed by atoms with Gasteiger partial charge in [-0.15, -0.1) is 0 Å². The summed E-state index contributed by atoms with van der Waals surface area (Å²) < 4.78 is 37.1. The van der Waals surface area contributed by atoms with Gasteiger partial charge in [-0.3, -0.25) is 9.10 Å². The van der Waals surface area contributed by atoms with Crippen molar-refractivity contribution in [1.29, 1.82) is 0 Å². The maximum Gasteiger partial charge on any atom is 0.232 e. The highest BCUT2D eigenvalue weighted by Crippen LogP contribution is 2.31. The van der Waals surface area contributed by atoms with Crippen molar-refractivity contribution in [3.8, 4) is 0 Å². The Morgan fingerprint density at radius 2 is 1.81 bits per heavy atom. The second kappa shape index (κ2) is 7.54. The van der Waals surface area contributed by atoms with Gasteiger partial charge in [0.1, 0.15) is 0 Å². The minimum absolute atomic E-state index is 0.0416. The summed E-state index contributed by atoms with van der Waals surface area (Å²) >= 11 is 0. The van der Waals surface area contributed by atoms with Gasteiger partial charge in [0, 0.05) is 38.9 Å². The van der Waals surface area contributed by atoms with Gasteiger partial charge >= 0.3 is 0 Å². The van der Waals surface area contributed by atoms with E-state index in [9.17, 15) is 13.2 Å². The second-order valence-corrected chi connectivity index (χ2v) is 8.77. The quantitative estimate of drug-likeness (QED) is 0.772. The lowest BCUT2D eigenvalue weighted by molar-refractivity contribution is -0.187. The number of carbonyl (C=O) groups excluding carboxylic acids is 1. The lowest BCUT2D eigenvalue weighted by Crippen LogP contribution is -2.48. The Balaban J connectivity index is 1.61. The van der Waals surface area contributed by atoms with E-state index in [4.69, 9.17) is 9.47 Å². The number of carbonyl (C=O) groups is 1. The first-order valence-electron chi connectivity index (χ1n) is 8.90. The molecule has 0 aromatic heterocycles. The van der Waals surface area contributed by atoms with Crippen molar-refractivity contribution in [2.24, 2.45) is 0 Å². The molecule has 2 aliphatic heterocycles. The van der Waals surface area contributed by atoms with E-state index in [2.05, 4.69) is 0 Å². The van der Waals surface area contributed by atoms with Crippen molar-refractivity contribution in [3.05, 3.63) is 29.8 Å². The number of ether oxygens (including phenoxy) is 2. The van der Waals surface area contributed by atoms with Crippen LogP contribution >= 0.6 is 0 Å². The van der Waals surface area contributed by atoms with Crippen molar-refractivity contribution < 1.29 is 22.7 Å². The number of amides is 1. The van der Waals surface area contributed by atoms with E-state index in [1.165, 1.54) is 10.6 Å².